The maximum Gasteiger partial charge on any atom is 0.346 e. The number of hydrogen-bond acceptors (Lipinski definition) is 4. The van der Waals surface area contributed by atoms with Crippen LogP contribution in [-0.4, -0.2) is 24.8 Å². The Morgan fingerprint density at radius 2 is 1.82 bits per heavy atom. The Hall–Kier alpha value is -1.55. The van der Waals surface area contributed by atoms with Crippen LogP contribution < -0.4 is 4.74 Å². The molecule has 3 fully saturated rings. The van der Waals surface area contributed by atoms with E-state index in [1.54, 1.807) is 7.11 Å². The molecule has 0 radical (unpaired) electrons. The molecule has 4 rings (SSSR count). The van der Waals surface area contributed by atoms with Gasteiger partial charge in [0.15, 0.2) is 0 Å². The molecule has 1 unspecified atom stereocenters. The van der Waals surface area contributed by atoms with E-state index in [9.17, 15) is 4.79 Å². The van der Waals surface area contributed by atoms with Crippen molar-refractivity contribution >= 4 is 5.97 Å². The summed E-state index contributed by atoms with van der Waals surface area (Å²) in [6, 6.07) is 7.63. The van der Waals surface area contributed by atoms with Gasteiger partial charge in [0.25, 0.3) is 0 Å². The van der Waals surface area contributed by atoms with Crippen molar-refractivity contribution in [2.75, 3.05) is 7.11 Å². The van der Waals surface area contributed by atoms with E-state index in [1.165, 1.54) is 0 Å². The number of hydrogen-bond donors (Lipinski definition) is 0. The number of esters is 1. The first kappa shape index (κ1) is 14.1. The Kier molecular flexibility index (Phi) is 3.19. The third kappa shape index (κ3) is 1.89. The standard InChI is InChI=1S/C18H22O4/c1-20-14-9-7-13(8-10-14)18(17(22-18)11-4-12-17)16(19)21-15-5-2-3-6-15/h7-10,15H,2-6,11-12H2,1H3. The van der Waals surface area contributed by atoms with Crippen molar-refractivity contribution in [2.45, 2.75) is 62.3 Å². The zero-order chi connectivity index (χ0) is 15.2. The van der Waals surface area contributed by atoms with Gasteiger partial charge in [0.2, 0.25) is 5.60 Å². The van der Waals surface area contributed by atoms with Gasteiger partial charge in [-0.1, -0.05) is 12.1 Å². The number of rotatable bonds is 4. The largest absolute Gasteiger partial charge is 0.497 e. The summed E-state index contributed by atoms with van der Waals surface area (Å²) in [5.74, 6) is 0.593. The van der Waals surface area contributed by atoms with E-state index in [1.807, 2.05) is 24.3 Å². The lowest BCUT2D eigenvalue weighted by Crippen LogP contribution is -2.39. The molecule has 0 aromatic heterocycles. The molecule has 1 saturated heterocycles. The predicted octanol–water partition coefficient (Wildman–Crippen LogP) is 3.33. The fourth-order valence-corrected chi connectivity index (χ4v) is 3.95. The molecule has 4 nitrogen and oxygen atoms in total. The lowest BCUT2D eigenvalue weighted by atomic mass is 9.73. The summed E-state index contributed by atoms with van der Waals surface area (Å²) in [6.07, 6.45) is 7.35. The first-order valence-electron chi connectivity index (χ1n) is 8.26. The zero-order valence-electron chi connectivity index (χ0n) is 13.0. The molecule has 3 aliphatic rings. The van der Waals surface area contributed by atoms with Crippen molar-refractivity contribution in [3.8, 4) is 5.75 Å². The van der Waals surface area contributed by atoms with Crippen LogP contribution in [0, 0.1) is 0 Å². The monoisotopic (exact) mass is 302 g/mol. The molecule has 2 aliphatic carbocycles. The molecule has 4 heteroatoms. The quantitative estimate of drug-likeness (QED) is 0.632. The summed E-state index contributed by atoms with van der Waals surface area (Å²) < 4.78 is 17.0. The molecule has 1 heterocycles. The third-order valence-corrected chi connectivity index (χ3v) is 5.47. The maximum absolute atomic E-state index is 12.9. The average Bonchev–Trinajstić information content (AvgIpc) is 3.02. The van der Waals surface area contributed by atoms with E-state index in [0.29, 0.717) is 0 Å². The molecule has 1 aromatic carbocycles. The van der Waals surface area contributed by atoms with Crippen LogP contribution in [0.2, 0.25) is 0 Å². The summed E-state index contributed by atoms with van der Waals surface area (Å²) in [5.41, 5.74) is -0.284. The maximum atomic E-state index is 12.9. The van der Waals surface area contributed by atoms with Crippen LogP contribution >= 0.6 is 0 Å². The zero-order valence-corrected chi connectivity index (χ0v) is 13.0. The number of epoxide rings is 1. The Labute approximate surface area is 130 Å². The lowest BCUT2D eigenvalue weighted by Gasteiger charge is -2.27. The highest BCUT2D eigenvalue weighted by Crippen LogP contribution is 2.66. The number of carbonyl (C=O) groups excluding carboxylic acids is 1. The highest BCUT2D eigenvalue weighted by molar-refractivity contribution is 5.87. The lowest BCUT2D eigenvalue weighted by molar-refractivity contribution is -0.156. The van der Waals surface area contributed by atoms with Gasteiger partial charge in [0, 0.05) is 0 Å². The molecule has 0 amide bonds. The smallest absolute Gasteiger partial charge is 0.346 e. The Bertz CT molecular complexity index is 569. The number of ether oxygens (including phenoxy) is 3. The Balaban J connectivity index is 1.61. The van der Waals surface area contributed by atoms with E-state index in [0.717, 1.165) is 56.3 Å². The van der Waals surface area contributed by atoms with Gasteiger partial charge in [-0.25, -0.2) is 4.79 Å². The van der Waals surface area contributed by atoms with E-state index in [2.05, 4.69) is 0 Å². The molecule has 1 aliphatic heterocycles. The first-order chi connectivity index (χ1) is 10.7. The third-order valence-electron chi connectivity index (χ3n) is 5.47. The Morgan fingerprint density at radius 3 is 2.32 bits per heavy atom. The van der Waals surface area contributed by atoms with Crippen molar-refractivity contribution < 1.29 is 19.0 Å². The molecular weight excluding hydrogens is 280 g/mol. The first-order valence-corrected chi connectivity index (χ1v) is 8.26. The van der Waals surface area contributed by atoms with E-state index in [-0.39, 0.29) is 17.7 Å². The second-order valence-electron chi connectivity index (χ2n) is 6.67. The highest BCUT2D eigenvalue weighted by atomic mass is 16.7. The minimum absolute atomic E-state index is 0.0731. The van der Waals surface area contributed by atoms with Crippen LogP contribution in [-0.2, 0) is 19.9 Å². The van der Waals surface area contributed by atoms with Gasteiger partial charge in [-0.05, 0) is 62.6 Å². The minimum atomic E-state index is -0.875. The summed E-state index contributed by atoms with van der Waals surface area (Å²) >= 11 is 0. The normalized spacial score (nSPS) is 29.1. The molecule has 0 N–H and O–H groups in total. The fraction of sp³-hybridized carbons (Fsp3) is 0.611. The number of carbonyl (C=O) groups is 1. The van der Waals surface area contributed by atoms with Crippen molar-refractivity contribution in [3.63, 3.8) is 0 Å². The van der Waals surface area contributed by atoms with Gasteiger partial charge in [0.1, 0.15) is 17.5 Å². The van der Waals surface area contributed by atoms with Gasteiger partial charge in [-0.2, -0.15) is 0 Å². The molecule has 1 spiro atoms. The van der Waals surface area contributed by atoms with Crippen LogP contribution in [0.3, 0.4) is 0 Å². The summed E-state index contributed by atoms with van der Waals surface area (Å²) in [4.78, 5) is 12.9. The summed E-state index contributed by atoms with van der Waals surface area (Å²) in [7, 11) is 1.64. The van der Waals surface area contributed by atoms with Crippen molar-refractivity contribution in [1.82, 2.24) is 0 Å². The molecule has 22 heavy (non-hydrogen) atoms. The van der Waals surface area contributed by atoms with Gasteiger partial charge in [0.05, 0.1) is 7.11 Å². The van der Waals surface area contributed by atoms with Gasteiger partial charge >= 0.3 is 5.97 Å². The van der Waals surface area contributed by atoms with Crippen LogP contribution in [0.4, 0.5) is 0 Å². The van der Waals surface area contributed by atoms with Crippen molar-refractivity contribution in [1.29, 1.82) is 0 Å². The van der Waals surface area contributed by atoms with Crippen LogP contribution in [0.15, 0.2) is 24.3 Å². The second-order valence-corrected chi connectivity index (χ2v) is 6.67. The Morgan fingerprint density at radius 1 is 1.14 bits per heavy atom. The predicted molar refractivity (Wildman–Crippen MR) is 80.7 cm³/mol. The number of methoxy groups -OCH3 is 1. The van der Waals surface area contributed by atoms with Crippen molar-refractivity contribution in [2.24, 2.45) is 0 Å². The molecule has 2 saturated carbocycles. The average molecular weight is 302 g/mol. The summed E-state index contributed by atoms with van der Waals surface area (Å²) in [5, 5.41) is 0. The molecule has 118 valence electrons. The molecule has 1 atom stereocenters. The highest BCUT2D eigenvalue weighted by Gasteiger charge is 2.78. The van der Waals surface area contributed by atoms with Crippen LogP contribution in [0.5, 0.6) is 5.75 Å². The van der Waals surface area contributed by atoms with E-state index < -0.39 is 5.60 Å². The topological polar surface area (TPSA) is 48.1 Å². The number of benzene rings is 1. The second kappa shape index (κ2) is 4.98. The molecule has 1 aromatic rings. The minimum Gasteiger partial charge on any atom is -0.497 e. The van der Waals surface area contributed by atoms with Gasteiger partial charge in [-0.3, -0.25) is 0 Å². The van der Waals surface area contributed by atoms with Crippen molar-refractivity contribution in [3.05, 3.63) is 29.8 Å². The molecule has 0 bridgehead atoms. The SMILES string of the molecule is COc1ccc(C2(C(=O)OC3CCCC3)OC23CCC3)cc1. The van der Waals surface area contributed by atoms with E-state index in [4.69, 9.17) is 14.2 Å². The fourth-order valence-electron chi connectivity index (χ4n) is 3.95. The van der Waals surface area contributed by atoms with Gasteiger partial charge in [-0.15, -0.1) is 0 Å². The van der Waals surface area contributed by atoms with E-state index >= 15 is 0 Å². The van der Waals surface area contributed by atoms with Crippen LogP contribution in [0.1, 0.15) is 50.5 Å². The molecular formula is C18H22O4. The summed E-state index contributed by atoms with van der Waals surface area (Å²) in [6.45, 7) is 0. The van der Waals surface area contributed by atoms with Crippen LogP contribution in [0.25, 0.3) is 0 Å². The van der Waals surface area contributed by atoms with Gasteiger partial charge < -0.3 is 14.2 Å².